The molecule has 0 radical (unpaired) electrons. The van der Waals surface area contributed by atoms with E-state index in [1.165, 1.54) is 0 Å². The summed E-state index contributed by atoms with van der Waals surface area (Å²) in [5.41, 5.74) is 3.07. The Morgan fingerprint density at radius 2 is 2.00 bits per heavy atom. The minimum absolute atomic E-state index is 0.0783. The van der Waals surface area contributed by atoms with E-state index in [-0.39, 0.29) is 12.5 Å². The number of hydrogen-bond acceptors (Lipinski definition) is 3. The zero-order chi connectivity index (χ0) is 13.4. The van der Waals surface area contributed by atoms with Gasteiger partial charge in [0.25, 0.3) is 5.91 Å². The highest BCUT2D eigenvalue weighted by Gasteiger charge is 2.24. The van der Waals surface area contributed by atoms with Crippen LogP contribution in [0.1, 0.15) is 5.56 Å². The first-order chi connectivity index (χ1) is 9.16. The molecule has 1 aliphatic heterocycles. The second kappa shape index (κ2) is 4.39. The zero-order valence-electron chi connectivity index (χ0n) is 10.9. The maximum atomic E-state index is 11.6. The minimum atomic E-state index is -0.0815. The smallest absolute Gasteiger partial charge is 0.265 e. The van der Waals surface area contributed by atoms with Crippen molar-refractivity contribution < 1.29 is 9.53 Å². The molecule has 2 heterocycles. The number of benzene rings is 1. The molecule has 19 heavy (non-hydrogen) atoms. The summed E-state index contributed by atoms with van der Waals surface area (Å²) in [4.78, 5) is 17.7. The number of fused-ring (bicyclic) bond motifs is 1. The van der Waals surface area contributed by atoms with Gasteiger partial charge >= 0.3 is 0 Å². The summed E-state index contributed by atoms with van der Waals surface area (Å²) in [6.07, 6.45) is 0. The lowest BCUT2D eigenvalue weighted by Crippen LogP contribution is -2.36. The highest BCUT2D eigenvalue weighted by Crippen LogP contribution is 2.32. The summed E-state index contributed by atoms with van der Waals surface area (Å²) < 4.78 is 5.37. The van der Waals surface area contributed by atoms with Crippen LogP contribution in [0.5, 0.6) is 5.75 Å². The Kier molecular flexibility index (Phi) is 2.71. The average molecular weight is 254 g/mol. The van der Waals surface area contributed by atoms with Crippen LogP contribution < -0.4 is 9.64 Å². The van der Waals surface area contributed by atoms with Crippen molar-refractivity contribution >= 4 is 11.7 Å². The van der Waals surface area contributed by atoms with E-state index in [2.05, 4.69) is 4.98 Å². The average Bonchev–Trinajstić information content (AvgIpc) is 2.43. The van der Waals surface area contributed by atoms with Gasteiger partial charge in [0.05, 0.1) is 5.69 Å². The number of aromatic nitrogens is 1. The van der Waals surface area contributed by atoms with Gasteiger partial charge < -0.3 is 4.74 Å². The van der Waals surface area contributed by atoms with E-state index in [1.807, 2.05) is 43.3 Å². The fourth-order valence-electron chi connectivity index (χ4n) is 2.15. The Morgan fingerprint density at radius 1 is 1.21 bits per heavy atom. The molecule has 0 bridgehead atoms. The third-order valence-corrected chi connectivity index (χ3v) is 3.30. The first-order valence-electron chi connectivity index (χ1n) is 6.13. The lowest BCUT2D eigenvalue weighted by Gasteiger charge is -2.25. The van der Waals surface area contributed by atoms with Crippen LogP contribution in [0, 0.1) is 6.92 Å². The predicted molar refractivity (Wildman–Crippen MR) is 73.3 cm³/mol. The third kappa shape index (κ3) is 1.95. The van der Waals surface area contributed by atoms with Crippen LogP contribution in [0.2, 0.25) is 0 Å². The van der Waals surface area contributed by atoms with Gasteiger partial charge in [0.2, 0.25) is 0 Å². The van der Waals surface area contributed by atoms with Crippen molar-refractivity contribution in [3.05, 3.63) is 42.0 Å². The van der Waals surface area contributed by atoms with Gasteiger partial charge in [-0.2, -0.15) is 0 Å². The Balaban J connectivity index is 2.11. The summed E-state index contributed by atoms with van der Waals surface area (Å²) in [5, 5.41) is 0. The van der Waals surface area contributed by atoms with Crippen molar-refractivity contribution in [3.8, 4) is 17.0 Å². The molecule has 4 nitrogen and oxygen atoms in total. The molecule has 1 aromatic heterocycles. The molecule has 1 aliphatic rings. The number of likely N-dealkylation sites (N-methyl/N-ethyl adjacent to an activating group) is 1. The van der Waals surface area contributed by atoms with Gasteiger partial charge in [0, 0.05) is 12.6 Å². The molecular weight excluding hydrogens is 240 g/mol. The molecule has 0 aliphatic carbocycles. The summed E-state index contributed by atoms with van der Waals surface area (Å²) in [5.74, 6) is 1.15. The molecule has 2 aromatic rings. The quantitative estimate of drug-likeness (QED) is 0.784. The van der Waals surface area contributed by atoms with Crippen molar-refractivity contribution in [2.45, 2.75) is 6.92 Å². The Morgan fingerprint density at radius 3 is 2.79 bits per heavy atom. The summed E-state index contributed by atoms with van der Waals surface area (Å²) in [7, 11) is 1.72. The normalized spacial score (nSPS) is 14.0. The number of anilines is 1. The molecule has 0 atom stereocenters. The Labute approximate surface area is 111 Å². The van der Waals surface area contributed by atoms with E-state index in [0.29, 0.717) is 11.6 Å². The Hall–Kier alpha value is -2.36. The number of amides is 1. The highest BCUT2D eigenvalue weighted by molar-refractivity contribution is 5.96. The van der Waals surface area contributed by atoms with Crippen LogP contribution in [-0.4, -0.2) is 24.5 Å². The number of carbonyl (C=O) groups excluding carboxylic acids is 1. The van der Waals surface area contributed by atoms with Crippen molar-refractivity contribution in [2.75, 3.05) is 18.6 Å². The molecule has 4 heteroatoms. The molecule has 0 saturated carbocycles. The number of rotatable bonds is 1. The maximum Gasteiger partial charge on any atom is 0.265 e. The minimum Gasteiger partial charge on any atom is -0.480 e. The molecule has 0 spiro atoms. The van der Waals surface area contributed by atoms with Gasteiger partial charge in [-0.15, -0.1) is 0 Å². The standard InChI is InChI=1S/C15H14N2O2/c1-10-5-3-4-6-11(10)12-7-8-13-15(16-12)17(2)14(18)9-19-13/h3-8H,9H2,1-2H3. The topological polar surface area (TPSA) is 42.4 Å². The van der Waals surface area contributed by atoms with Gasteiger partial charge in [0.15, 0.2) is 18.2 Å². The fourth-order valence-corrected chi connectivity index (χ4v) is 2.15. The molecule has 96 valence electrons. The second-order valence-electron chi connectivity index (χ2n) is 4.57. The largest absolute Gasteiger partial charge is 0.480 e. The van der Waals surface area contributed by atoms with Crippen molar-refractivity contribution in [3.63, 3.8) is 0 Å². The molecule has 0 fully saturated rings. The molecule has 0 unspecified atom stereocenters. The highest BCUT2D eigenvalue weighted by atomic mass is 16.5. The van der Waals surface area contributed by atoms with Gasteiger partial charge in [-0.3, -0.25) is 9.69 Å². The summed E-state index contributed by atoms with van der Waals surface area (Å²) >= 11 is 0. The van der Waals surface area contributed by atoms with Crippen LogP contribution in [0.3, 0.4) is 0 Å². The van der Waals surface area contributed by atoms with Crippen LogP contribution in [0.15, 0.2) is 36.4 Å². The van der Waals surface area contributed by atoms with E-state index in [4.69, 9.17) is 4.74 Å². The van der Waals surface area contributed by atoms with E-state index >= 15 is 0 Å². The fraction of sp³-hybridized carbons (Fsp3) is 0.200. The number of carbonyl (C=O) groups is 1. The van der Waals surface area contributed by atoms with Crippen LogP contribution in [-0.2, 0) is 4.79 Å². The number of pyridine rings is 1. The molecule has 0 N–H and O–H groups in total. The van der Waals surface area contributed by atoms with E-state index in [9.17, 15) is 4.79 Å². The lowest BCUT2D eigenvalue weighted by molar-refractivity contribution is -0.121. The first kappa shape index (κ1) is 11.7. The number of ether oxygens (including phenoxy) is 1. The third-order valence-electron chi connectivity index (χ3n) is 3.30. The van der Waals surface area contributed by atoms with Crippen molar-refractivity contribution in [2.24, 2.45) is 0 Å². The lowest BCUT2D eigenvalue weighted by atomic mass is 10.1. The first-order valence-corrected chi connectivity index (χ1v) is 6.13. The molecule has 1 amide bonds. The monoisotopic (exact) mass is 254 g/mol. The zero-order valence-corrected chi connectivity index (χ0v) is 10.9. The molecule has 1 aromatic carbocycles. The van der Waals surface area contributed by atoms with E-state index in [1.54, 1.807) is 11.9 Å². The summed E-state index contributed by atoms with van der Waals surface area (Å²) in [6.45, 7) is 2.12. The van der Waals surface area contributed by atoms with E-state index < -0.39 is 0 Å². The van der Waals surface area contributed by atoms with Crippen LogP contribution >= 0.6 is 0 Å². The number of nitrogens with zero attached hydrogens (tertiary/aromatic N) is 2. The van der Waals surface area contributed by atoms with Crippen molar-refractivity contribution in [1.82, 2.24) is 4.98 Å². The van der Waals surface area contributed by atoms with Gasteiger partial charge in [0.1, 0.15) is 0 Å². The summed E-state index contributed by atoms with van der Waals surface area (Å²) in [6, 6.07) is 11.8. The number of aryl methyl sites for hydroxylation is 1. The van der Waals surface area contributed by atoms with Crippen LogP contribution in [0.4, 0.5) is 5.82 Å². The van der Waals surface area contributed by atoms with Gasteiger partial charge in [-0.25, -0.2) is 4.98 Å². The van der Waals surface area contributed by atoms with Gasteiger partial charge in [-0.05, 0) is 24.6 Å². The number of hydrogen-bond donors (Lipinski definition) is 0. The van der Waals surface area contributed by atoms with Gasteiger partial charge in [-0.1, -0.05) is 24.3 Å². The molecule has 0 saturated heterocycles. The SMILES string of the molecule is Cc1ccccc1-c1ccc2c(n1)N(C)C(=O)CO2. The molecular formula is C15H14N2O2. The maximum absolute atomic E-state index is 11.6. The second-order valence-corrected chi connectivity index (χ2v) is 4.57. The van der Waals surface area contributed by atoms with Crippen LogP contribution in [0.25, 0.3) is 11.3 Å². The Bertz CT molecular complexity index is 652. The predicted octanol–water partition coefficient (Wildman–Crippen LogP) is 2.41. The van der Waals surface area contributed by atoms with Crippen molar-refractivity contribution in [1.29, 1.82) is 0 Å². The molecule has 3 rings (SSSR count). The van der Waals surface area contributed by atoms with E-state index in [0.717, 1.165) is 16.8 Å².